The Bertz CT molecular complexity index is 332. The lowest BCUT2D eigenvalue weighted by Crippen LogP contribution is -2.02. The predicted octanol–water partition coefficient (Wildman–Crippen LogP) is 2.42. The van der Waals surface area contributed by atoms with Gasteiger partial charge in [-0.1, -0.05) is 0 Å². The summed E-state index contributed by atoms with van der Waals surface area (Å²) in [5.41, 5.74) is 0. The van der Waals surface area contributed by atoms with Gasteiger partial charge >= 0.3 is 5.97 Å². The number of methoxy groups -OCH3 is 2. The zero-order valence-corrected chi connectivity index (χ0v) is 10.3. The number of unbranched alkanes of at least 4 members (excludes halogenated alkanes) is 1. The standard InChI is InChI=1S/C13H18O4/c1-15-11-6-8-12(9-7-11)17-10-4-3-5-13(14)16-2/h6-9H,3-5,10H2,1-2H3. The van der Waals surface area contributed by atoms with Gasteiger partial charge < -0.3 is 14.2 Å². The predicted molar refractivity (Wildman–Crippen MR) is 64.4 cm³/mol. The number of rotatable bonds is 7. The van der Waals surface area contributed by atoms with E-state index in [9.17, 15) is 4.79 Å². The molecule has 0 radical (unpaired) electrons. The molecule has 0 saturated carbocycles. The summed E-state index contributed by atoms with van der Waals surface area (Å²) in [6.45, 7) is 0.601. The molecule has 1 aromatic carbocycles. The lowest BCUT2D eigenvalue weighted by atomic mass is 10.2. The van der Waals surface area contributed by atoms with Gasteiger partial charge in [0.05, 0.1) is 20.8 Å². The van der Waals surface area contributed by atoms with Crippen molar-refractivity contribution in [3.05, 3.63) is 24.3 Å². The van der Waals surface area contributed by atoms with E-state index in [-0.39, 0.29) is 5.97 Å². The Morgan fingerprint density at radius 1 is 1.06 bits per heavy atom. The Labute approximate surface area is 101 Å². The molecule has 0 fully saturated rings. The summed E-state index contributed by atoms with van der Waals surface area (Å²) in [6.07, 6.45) is 2.06. The maximum atomic E-state index is 10.8. The number of esters is 1. The summed E-state index contributed by atoms with van der Waals surface area (Å²) in [5, 5.41) is 0. The van der Waals surface area contributed by atoms with Crippen LogP contribution in [0.1, 0.15) is 19.3 Å². The van der Waals surface area contributed by atoms with E-state index < -0.39 is 0 Å². The highest BCUT2D eigenvalue weighted by Crippen LogP contribution is 2.17. The Balaban J connectivity index is 2.15. The van der Waals surface area contributed by atoms with Crippen molar-refractivity contribution in [3.8, 4) is 11.5 Å². The fourth-order valence-corrected chi connectivity index (χ4v) is 1.34. The van der Waals surface area contributed by atoms with Crippen LogP contribution < -0.4 is 9.47 Å². The van der Waals surface area contributed by atoms with Gasteiger partial charge in [-0.15, -0.1) is 0 Å². The van der Waals surface area contributed by atoms with Gasteiger partial charge in [0.1, 0.15) is 11.5 Å². The first-order valence-corrected chi connectivity index (χ1v) is 5.60. The third kappa shape index (κ3) is 5.24. The Hall–Kier alpha value is -1.71. The van der Waals surface area contributed by atoms with Crippen molar-refractivity contribution >= 4 is 5.97 Å². The van der Waals surface area contributed by atoms with Crippen LogP contribution in [-0.2, 0) is 9.53 Å². The molecule has 17 heavy (non-hydrogen) atoms. The SMILES string of the molecule is COC(=O)CCCCOc1ccc(OC)cc1. The second-order valence-corrected chi connectivity index (χ2v) is 3.56. The first-order valence-electron chi connectivity index (χ1n) is 5.60. The fraction of sp³-hybridized carbons (Fsp3) is 0.462. The van der Waals surface area contributed by atoms with E-state index in [0.717, 1.165) is 24.3 Å². The van der Waals surface area contributed by atoms with Crippen molar-refractivity contribution < 1.29 is 19.0 Å². The largest absolute Gasteiger partial charge is 0.497 e. The van der Waals surface area contributed by atoms with Gasteiger partial charge in [-0.2, -0.15) is 0 Å². The lowest BCUT2D eigenvalue weighted by Gasteiger charge is -2.06. The maximum Gasteiger partial charge on any atom is 0.305 e. The zero-order chi connectivity index (χ0) is 12.5. The van der Waals surface area contributed by atoms with Gasteiger partial charge in [0, 0.05) is 6.42 Å². The molecule has 0 bridgehead atoms. The van der Waals surface area contributed by atoms with Crippen LogP contribution in [0.4, 0.5) is 0 Å². The van der Waals surface area contributed by atoms with Crippen molar-refractivity contribution in [1.29, 1.82) is 0 Å². The van der Waals surface area contributed by atoms with Crippen LogP contribution in [0.5, 0.6) is 11.5 Å². The number of ether oxygens (including phenoxy) is 3. The van der Waals surface area contributed by atoms with E-state index in [1.807, 2.05) is 24.3 Å². The molecule has 0 aliphatic rings. The summed E-state index contributed by atoms with van der Waals surface area (Å²) < 4.78 is 15.1. The number of hydrogen-bond acceptors (Lipinski definition) is 4. The van der Waals surface area contributed by atoms with Gasteiger partial charge in [-0.3, -0.25) is 4.79 Å². The quantitative estimate of drug-likeness (QED) is 0.540. The molecule has 0 saturated heterocycles. The molecule has 0 amide bonds. The summed E-state index contributed by atoms with van der Waals surface area (Å²) in [7, 11) is 3.03. The third-order valence-corrected chi connectivity index (χ3v) is 2.33. The van der Waals surface area contributed by atoms with Crippen LogP contribution in [0.3, 0.4) is 0 Å². The van der Waals surface area contributed by atoms with Crippen LogP contribution in [0.15, 0.2) is 24.3 Å². The van der Waals surface area contributed by atoms with Gasteiger partial charge in [-0.05, 0) is 37.1 Å². The molecular formula is C13H18O4. The minimum absolute atomic E-state index is 0.172. The number of benzene rings is 1. The van der Waals surface area contributed by atoms with Crippen LogP contribution in [0.25, 0.3) is 0 Å². The highest BCUT2D eigenvalue weighted by atomic mass is 16.5. The minimum atomic E-state index is -0.172. The second kappa shape index (κ2) is 7.54. The average Bonchev–Trinajstić information content (AvgIpc) is 2.38. The smallest absolute Gasteiger partial charge is 0.305 e. The third-order valence-electron chi connectivity index (χ3n) is 2.33. The van der Waals surface area contributed by atoms with E-state index in [1.54, 1.807) is 7.11 Å². The van der Waals surface area contributed by atoms with Crippen molar-refractivity contribution in [2.75, 3.05) is 20.8 Å². The topological polar surface area (TPSA) is 44.8 Å². The van der Waals surface area contributed by atoms with E-state index in [1.165, 1.54) is 7.11 Å². The van der Waals surface area contributed by atoms with Crippen LogP contribution in [0, 0.1) is 0 Å². The highest BCUT2D eigenvalue weighted by molar-refractivity contribution is 5.68. The zero-order valence-electron chi connectivity index (χ0n) is 10.3. The molecule has 0 aliphatic heterocycles. The van der Waals surface area contributed by atoms with E-state index in [2.05, 4.69) is 4.74 Å². The summed E-state index contributed by atoms with van der Waals surface area (Å²) in [4.78, 5) is 10.8. The van der Waals surface area contributed by atoms with Gasteiger partial charge in [-0.25, -0.2) is 0 Å². The molecule has 0 heterocycles. The molecule has 1 aromatic rings. The summed E-state index contributed by atoms with van der Waals surface area (Å²) >= 11 is 0. The van der Waals surface area contributed by atoms with E-state index >= 15 is 0 Å². The van der Waals surface area contributed by atoms with Crippen LogP contribution in [0.2, 0.25) is 0 Å². The minimum Gasteiger partial charge on any atom is -0.497 e. The molecule has 0 aliphatic carbocycles. The Morgan fingerprint density at radius 2 is 1.71 bits per heavy atom. The van der Waals surface area contributed by atoms with Gasteiger partial charge in [0.2, 0.25) is 0 Å². The molecule has 0 aromatic heterocycles. The van der Waals surface area contributed by atoms with Crippen LogP contribution in [-0.4, -0.2) is 26.8 Å². The Kier molecular flexibility index (Phi) is 5.93. The monoisotopic (exact) mass is 238 g/mol. The summed E-state index contributed by atoms with van der Waals surface area (Å²) in [6, 6.07) is 7.42. The maximum absolute atomic E-state index is 10.8. The van der Waals surface area contributed by atoms with E-state index in [0.29, 0.717) is 13.0 Å². The first kappa shape index (κ1) is 13.4. The number of carbonyl (C=O) groups excluding carboxylic acids is 1. The second-order valence-electron chi connectivity index (χ2n) is 3.56. The molecule has 0 atom stereocenters. The molecule has 0 unspecified atom stereocenters. The van der Waals surface area contributed by atoms with E-state index in [4.69, 9.17) is 9.47 Å². The molecular weight excluding hydrogens is 220 g/mol. The highest BCUT2D eigenvalue weighted by Gasteiger charge is 2.00. The molecule has 1 rings (SSSR count). The summed E-state index contributed by atoms with van der Waals surface area (Å²) in [5.74, 6) is 1.45. The molecule has 94 valence electrons. The van der Waals surface area contributed by atoms with Crippen molar-refractivity contribution in [2.24, 2.45) is 0 Å². The van der Waals surface area contributed by atoms with Gasteiger partial charge in [0.25, 0.3) is 0 Å². The fourth-order valence-electron chi connectivity index (χ4n) is 1.34. The van der Waals surface area contributed by atoms with Crippen molar-refractivity contribution in [1.82, 2.24) is 0 Å². The normalized spacial score (nSPS) is 9.76. The molecule has 4 heteroatoms. The first-order chi connectivity index (χ1) is 8.26. The molecule has 4 nitrogen and oxygen atoms in total. The number of hydrogen-bond donors (Lipinski definition) is 0. The molecule has 0 N–H and O–H groups in total. The Morgan fingerprint density at radius 3 is 2.29 bits per heavy atom. The molecule has 0 spiro atoms. The average molecular weight is 238 g/mol. The van der Waals surface area contributed by atoms with Crippen molar-refractivity contribution in [2.45, 2.75) is 19.3 Å². The lowest BCUT2D eigenvalue weighted by molar-refractivity contribution is -0.140. The van der Waals surface area contributed by atoms with Crippen LogP contribution >= 0.6 is 0 Å². The van der Waals surface area contributed by atoms with Crippen molar-refractivity contribution in [3.63, 3.8) is 0 Å². The number of carbonyl (C=O) groups is 1. The van der Waals surface area contributed by atoms with Gasteiger partial charge in [0.15, 0.2) is 0 Å².